The van der Waals surface area contributed by atoms with Crippen molar-refractivity contribution in [2.75, 3.05) is 16.8 Å². The van der Waals surface area contributed by atoms with Crippen LogP contribution in [-0.4, -0.2) is 16.8 Å². The van der Waals surface area contributed by atoms with Crippen molar-refractivity contribution in [2.24, 2.45) is 11.3 Å². The smallest absolute Gasteiger partial charge is 0.00958 e. The van der Waals surface area contributed by atoms with E-state index in [9.17, 15) is 0 Å². The Hall–Kier alpha value is 0.830. The maximum atomic E-state index is 3.59. The lowest BCUT2D eigenvalue weighted by molar-refractivity contribution is 0.681. The summed E-state index contributed by atoms with van der Waals surface area (Å²) in [4.78, 5) is 0. The molecular formula is C9H17BrS. The summed E-state index contributed by atoms with van der Waals surface area (Å²) < 4.78 is 0. The van der Waals surface area contributed by atoms with Crippen LogP contribution < -0.4 is 0 Å². The normalized spacial score (nSPS) is 20.7. The molecule has 0 aromatic heterocycles. The van der Waals surface area contributed by atoms with Crippen LogP contribution >= 0.6 is 27.7 Å². The summed E-state index contributed by atoms with van der Waals surface area (Å²) in [5.41, 5.74) is 0.708. The van der Waals surface area contributed by atoms with Crippen molar-refractivity contribution >= 4 is 27.7 Å². The van der Waals surface area contributed by atoms with Crippen molar-refractivity contribution in [3.63, 3.8) is 0 Å². The second-order valence-corrected chi connectivity index (χ2v) is 5.63. The predicted molar refractivity (Wildman–Crippen MR) is 57.6 cm³/mol. The van der Waals surface area contributed by atoms with Gasteiger partial charge in [-0.1, -0.05) is 29.8 Å². The van der Waals surface area contributed by atoms with Crippen molar-refractivity contribution in [1.29, 1.82) is 0 Å². The lowest BCUT2D eigenvalue weighted by Crippen LogP contribution is -2.06. The Kier molecular flexibility index (Phi) is 3.76. The molecule has 1 rings (SSSR count). The molecule has 0 bridgehead atoms. The largest absolute Gasteiger partial charge is 0.161 e. The van der Waals surface area contributed by atoms with Gasteiger partial charge in [0, 0.05) is 5.33 Å². The molecule has 0 spiro atoms. The average Bonchev–Trinajstić information content (AvgIpc) is 2.69. The molecule has 0 atom stereocenters. The Morgan fingerprint density at radius 2 is 2.09 bits per heavy atom. The Labute approximate surface area is 82.6 Å². The van der Waals surface area contributed by atoms with Gasteiger partial charge in [0.1, 0.15) is 0 Å². The SMILES string of the molecule is CC(C)CSCC1(CBr)CC1. The molecule has 1 fully saturated rings. The van der Waals surface area contributed by atoms with Crippen molar-refractivity contribution in [3.8, 4) is 0 Å². The number of rotatable bonds is 5. The fourth-order valence-electron chi connectivity index (χ4n) is 1.00. The Morgan fingerprint density at radius 1 is 1.45 bits per heavy atom. The van der Waals surface area contributed by atoms with Gasteiger partial charge >= 0.3 is 0 Å². The van der Waals surface area contributed by atoms with Crippen molar-refractivity contribution < 1.29 is 0 Å². The zero-order chi connectivity index (χ0) is 8.32. The molecule has 66 valence electrons. The number of halogens is 1. The number of hydrogen-bond donors (Lipinski definition) is 0. The second kappa shape index (κ2) is 4.18. The van der Waals surface area contributed by atoms with E-state index in [4.69, 9.17) is 0 Å². The average molecular weight is 237 g/mol. The highest BCUT2D eigenvalue weighted by atomic mass is 79.9. The monoisotopic (exact) mass is 236 g/mol. The van der Waals surface area contributed by atoms with Crippen LogP contribution in [0.5, 0.6) is 0 Å². The first-order valence-corrected chi connectivity index (χ1v) is 6.60. The van der Waals surface area contributed by atoms with Crippen molar-refractivity contribution in [1.82, 2.24) is 0 Å². The van der Waals surface area contributed by atoms with E-state index in [0.29, 0.717) is 5.41 Å². The van der Waals surface area contributed by atoms with Gasteiger partial charge in [-0.2, -0.15) is 11.8 Å². The van der Waals surface area contributed by atoms with Crippen molar-refractivity contribution in [3.05, 3.63) is 0 Å². The zero-order valence-electron chi connectivity index (χ0n) is 7.40. The molecule has 0 aromatic rings. The minimum Gasteiger partial charge on any atom is -0.161 e. The van der Waals surface area contributed by atoms with Crippen LogP contribution in [0, 0.1) is 11.3 Å². The standard InChI is InChI=1S/C9H17BrS/c1-8(2)5-11-7-9(6-10)3-4-9/h8H,3-7H2,1-2H3. The molecular weight excluding hydrogens is 220 g/mol. The maximum Gasteiger partial charge on any atom is 0.00958 e. The maximum absolute atomic E-state index is 3.59. The lowest BCUT2D eigenvalue weighted by atomic mass is 10.2. The lowest BCUT2D eigenvalue weighted by Gasteiger charge is -2.11. The van der Waals surface area contributed by atoms with Gasteiger partial charge in [0.15, 0.2) is 0 Å². The number of thioether (sulfide) groups is 1. The molecule has 0 N–H and O–H groups in total. The van der Waals surface area contributed by atoms with Crippen LogP contribution in [0.1, 0.15) is 26.7 Å². The van der Waals surface area contributed by atoms with E-state index in [0.717, 1.165) is 5.92 Å². The van der Waals surface area contributed by atoms with E-state index < -0.39 is 0 Å². The minimum atomic E-state index is 0.708. The molecule has 11 heavy (non-hydrogen) atoms. The third-order valence-electron chi connectivity index (χ3n) is 2.10. The molecule has 0 saturated heterocycles. The highest BCUT2D eigenvalue weighted by molar-refractivity contribution is 9.09. The highest BCUT2D eigenvalue weighted by Gasteiger charge is 2.40. The molecule has 0 aromatic carbocycles. The van der Waals surface area contributed by atoms with E-state index in [1.807, 2.05) is 0 Å². The first kappa shape index (κ1) is 9.91. The molecule has 0 amide bonds. The van der Waals surface area contributed by atoms with Crippen LogP contribution in [0.3, 0.4) is 0 Å². The molecule has 1 aliphatic rings. The van der Waals surface area contributed by atoms with Crippen LogP contribution in [0.2, 0.25) is 0 Å². The molecule has 0 nitrogen and oxygen atoms in total. The summed E-state index contributed by atoms with van der Waals surface area (Å²) in [5, 5.41) is 1.21. The summed E-state index contributed by atoms with van der Waals surface area (Å²) in [5.74, 6) is 3.55. The van der Waals surface area contributed by atoms with Gasteiger partial charge < -0.3 is 0 Å². The van der Waals surface area contributed by atoms with Gasteiger partial charge in [0.05, 0.1) is 0 Å². The van der Waals surface area contributed by atoms with Crippen LogP contribution in [0.4, 0.5) is 0 Å². The van der Waals surface area contributed by atoms with E-state index >= 15 is 0 Å². The van der Waals surface area contributed by atoms with Gasteiger partial charge in [-0.25, -0.2) is 0 Å². The predicted octanol–water partition coefficient (Wildman–Crippen LogP) is 3.55. The van der Waals surface area contributed by atoms with Crippen molar-refractivity contribution in [2.45, 2.75) is 26.7 Å². The number of alkyl halides is 1. The van der Waals surface area contributed by atoms with Crippen LogP contribution in [0.15, 0.2) is 0 Å². The van der Waals surface area contributed by atoms with Crippen LogP contribution in [0.25, 0.3) is 0 Å². The molecule has 0 aliphatic heterocycles. The second-order valence-electron chi connectivity index (χ2n) is 4.04. The third kappa shape index (κ3) is 3.37. The summed E-state index contributed by atoms with van der Waals surface area (Å²) in [6, 6.07) is 0. The summed E-state index contributed by atoms with van der Waals surface area (Å²) in [7, 11) is 0. The third-order valence-corrected chi connectivity index (χ3v) is 5.01. The first-order valence-electron chi connectivity index (χ1n) is 4.32. The number of hydrogen-bond acceptors (Lipinski definition) is 1. The molecule has 1 aliphatic carbocycles. The summed E-state index contributed by atoms with van der Waals surface area (Å²) in [6.07, 6.45) is 2.90. The zero-order valence-corrected chi connectivity index (χ0v) is 9.80. The van der Waals surface area contributed by atoms with E-state index in [-0.39, 0.29) is 0 Å². The quantitative estimate of drug-likeness (QED) is 0.659. The Morgan fingerprint density at radius 3 is 2.45 bits per heavy atom. The molecule has 2 heteroatoms. The Bertz CT molecular complexity index is 119. The topological polar surface area (TPSA) is 0 Å². The van der Waals surface area contributed by atoms with Gasteiger partial charge in [0.2, 0.25) is 0 Å². The summed E-state index contributed by atoms with van der Waals surface area (Å²) >= 11 is 5.71. The highest BCUT2D eigenvalue weighted by Crippen LogP contribution is 2.49. The van der Waals surface area contributed by atoms with Crippen LogP contribution in [-0.2, 0) is 0 Å². The molecule has 1 saturated carbocycles. The minimum absolute atomic E-state index is 0.708. The van der Waals surface area contributed by atoms with E-state index in [1.54, 1.807) is 0 Å². The molecule has 0 heterocycles. The van der Waals surface area contributed by atoms with Gasteiger partial charge in [-0.3, -0.25) is 0 Å². The molecule has 0 radical (unpaired) electrons. The fraction of sp³-hybridized carbons (Fsp3) is 1.00. The van der Waals surface area contributed by atoms with Gasteiger partial charge in [0.25, 0.3) is 0 Å². The molecule has 0 unspecified atom stereocenters. The fourth-order valence-corrected chi connectivity index (χ4v) is 3.44. The Balaban J connectivity index is 2.03. The summed E-state index contributed by atoms with van der Waals surface area (Å²) in [6.45, 7) is 4.58. The van der Waals surface area contributed by atoms with Gasteiger partial charge in [-0.05, 0) is 35.7 Å². The van der Waals surface area contributed by atoms with E-state index in [1.165, 1.54) is 29.7 Å². The van der Waals surface area contributed by atoms with Gasteiger partial charge in [-0.15, -0.1) is 0 Å². The first-order chi connectivity index (χ1) is 5.18. The van der Waals surface area contributed by atoms with E-state index in [2.05, 4.69) is 41.5 Å².